The highest BCUT2D eigenvalue weighted by molar-refractivity contribution is 6.40. The second kappa shape index (κ2) is 12.9. The van der Waals surface area contributed by atoms with Crippen LogP contribution in [0.5, 0.6) is 0 Å². The zero-order valence-corrected chi connectivity index (χ0v) is 21.2. The molecule has 12 nitrogen and oxygen atoms in total. The summed E-state index contributed by atoms with van der Waals surface area (Å²) < 4.78 is 14.4. The number of rotatable bonds is 5. The van der Waals surface area contributed by atoms with Crippen molar-refractivity contribution in [1.29, 1.82) is 0 Å². The molecule has 0 aliphatic heterocycles. The lowest BCUT2D eigenvalue weighted by atomic mass is 10.2. The first-order valence-electron chi connectivity index (χ1n) is 10.6. The van der Waals surface area contributed by atoms with Crippen molar-refractivity contribution in [3.8, 4) is 0 Å². The Kier molecular flexibility index (Phi) is 10.7. The van der Waals surface area contributed by atoms with Gasteiger partial charge in [-0.1, -0.05) is 0 Å². The van der Waals surface area contributed by atoms with Crippen molar-refractivity contribution in [2.24, 2.45) is 0 Å². The van der Waals surface area contributed by atoms with Gasteiger partial charge in [-0.2, -0.15) is 0 Å². The second-order valence-electron chi connectivity index (χ2n) is 9.10. The summed E-state index contributed by atoms with van der Waals surface area (Å²) in [5.41, 5.74) is -0.699. The third kappa shape index (κ3) is 11.7. The molecule has 0 aromatic carbocycles. The van der Waals surface area contributed by atoms with Crippen molar-refractivity contribution >= 4 is 41.9 Å². The first-order chi connectivity index (χ1) is 16.6. The zero-order chi connectivity index (χ0) is 27.5. The quantitative estimate of drug-likeness (QED) is 0.201. The van der Waals surface area contributed by atoms with Gasteiger partial charge in [-0.05, 0) is 65.8 Å². The monoisotopic (exact) mass is 502 g/mol. The van der Waals surface area contributed by atoms with E-state index in [1.165, 1.54) is 30.6 Å². The van der Waals surface area contributed by atoms with Crippen LogP contribution in [0.2, 0.25) is 0 Å². The molecule has 2 rings (SSSR count). The van der Waals surface area contributed by atoms with Crippen LogP contribution in [0.1, 0.15) is 62.3 Å². The number of esters is 1. The number of ether oxygens (including phenoxy) is 3. The minimum atomic E-state index is -0.987. The Hall–Kier alpha value is -4.35. The second-order valence-corrected chi connectivity index (χ2v) is 9.10. The summed E-state index contributed by atoms with van der Waals surface area (Å²) in [4.78, 5) is 63.9. The number of carbonyl (C=O) groups is 5. The van der Waals surface area contributed by atoms with Crippen LogP contribution in [-0.4, -0.2) is 58.5 Å². The predicted molar refractivity (Wildman–Crippen MR) is 130 cm³/mol. The average molecular weight is 503 g/mol. The molecule has 0 saturated heterocycles. The van der Waals surface area contributed by atoms with Crippen molar-refractivity contribution in [3.63, 3.8) is 0 Å². The highest BCUT2D eigenvalue weighted by Crippen LogP contribution is 2.12. The normalized spacial score (nSPS) is 10.6. The number of nitrogens with zero attached hydrogens (tertiary/aromatic N) is 2. The van der Waals surface area contributed by atoms with Crippen molar-refractivity contribution in [3.05, 3.63) is 47.8 Å². The molecule has 0 radical (unpaired) electrons. The number of anilines is 2. The molecule has 12 heteroatoms. The molecule has 0 atom stereocenters. The molecule has 2 heterocycles. The van der Waals surface area contributed by atoms with Crippen LogP contribution in [0.25, 0.3) is 0 Å². The topological polar surface area (TPSA) is 163 Å². The minimum absolute atomic E-state index is 0.0675. The smallest absolute Gasteiger partial charge is 0.413 e. The summed E-state index contributed by atoms with van der Waals surface area (Å²) in [6.45, 7) is 10.5. The number of hydrogen-bond acceptors (Lipinski definition) is 10. The SMILES string of the molecule is CC(C)(C)OC(=O)Nc1cc(C=O)ccn1.COC(=O)C(=O)c1ccnc(NC(=O)OC(C)(C)C)c1. The van der Waals surface area contributed by atoms with Gasteiger partial charge in [0.05, 0.1) is 7.11 Å². The number of ketones is 1. The minimum Gasteiger partial charge on any atom is -0.463 e. The van der Waals surface area contributed by atoms with Gasteiger partial charge in [0, 0.05) is 23.5 Å². The van der Waals surface area contributed by atoms with E-state index >= 15 is 0 Å². The lowest BCUT2D eigenvalue weighted by Crippen LogP contribution is -2.27. The Labute approximate surface area is 208 Å². The van der Waals surface area contributed by atoms with E-state index in [1.807, 2.05) is 0 Å². The third-order valence-corrected chi connectivity index (χ3v) is 3.57. The van der Waals surface area contributed by atoms with E-state index in [0.29, 0.717) is 17.7 Å². The Morgan fingerprint density at radius 2 is 1.28 bits per heavy atom. The number of methoxy groups -OCH3 is 1. The standard InChI is InChI=1S/C13H16N2O5.C11H14N2O3/c1-13(2,3)20-12(18)15-9-7-8(5-6-14-9)10(16)11(17)19-4;1-11(2,3)16-10(15)13-9-6-8(7-14)4-5-12-9/h5-7H,1-4H3,(H,14,15,18);4-7H,1-3H3,(H,12,13,15). The lowest BCUT2D eigenvalue weighted by Gasteiger charge is -2.19. The van der Waals surface area contributed by atoms with Crippen molar-refractivity contribution < 1.29 is 38.2 Å². The van der Waals surface area contributed by atoms with E-state index in [4.69, 9.17) is 9.47 Å². The summed E-state index contributed by atoms with van der Waals surface area (Å²) in [7, 11) is 1.11. The van der Waals surface area contributed by atoms with Gasteiger partial charge in [-0.3, -0.25) is 20.2 Å². The first kappa shape index (κ1) is 29.7. The molecule has 0 saturated carbocycles. The zero-order valence-electron chi connectivity index (χ0n) is 21.2. The fraction of sp³-hybridized carbons (Fsp3) is 0.375. The largest absolute Gasteiger partial charge is 0.463 e. The van der Waals surface area contributed by atoms with E-state index in [0.717, 1.165) is 7.11 Å². The Morgan fingerprint density at radius 1 is 0.806 bits per heavy atom. The van der Waals surface area contributed by atoms with Crippen molar-refractivity contribution in [2.75, 3.05) is 17.7 Å². The summed E-state index contributed by atoms with van der Waals surface area (Å²) in [6, 6.07) is 5.63. The Morgan fingerprint density at radius 3 is 1.72 bits per heavy atom. The number of pyridine rings is 2. The molecule has 0 unspecified atom stereocenters. The lowest BCUT2D eigenvalue weighted by molar-refractivity contribution is -0.135. The van der Waals surface area contributed by atoms with E-state index in [2.05, 4.69) is 25.3 Å². The van der Waals surface area contributed by atoms with Gasteiger partial charge in [0.15, 0.2) is 0 Å². The van der Waals surface area contributed by atoms with Gasteiger partial charge in [-0.15, -0.1) is 0 Å². The fourth-order valence-corrected chi connectivity index (χ4v) is 2.26. The molecular formula is C24H30N4O8. The summed E-state index contributed by atoms with van der Waals surface area (Å²) in [6.07, 6.45) is 2.12. The van der Waals surface area contributed by atoms with Crippen LogP contribution >= 0.6 is 0 Å². The molecule has 194 valence electrons. The third-order valence-electron chi connectivity index (χ3n) is 3.57. The molecule has 0 bridgehead atoms. The molecule has 0 fully saturated rings. The van der Waals surface area contributed by atoms with Gasteiger partial charge in [-0.25, -0.2) is 24.4 Å². The molecule has 2 aromatic rings. The van der Waals surface area contributed by atoms with E-state index in [-0.39, 0.29) is 11.4 Å². The van der Waals surface area contributed by atoms with E-state index < -0.39 is 35.1 Å². The number of nitrogens with one attached hydrogen (secondary N) is 2. The predicted octanol–water partition coefficient (Wildman–Crippen LogP) is 4.03. The molecule has 0 spiro atoms. The van der Waals surface area contributed by atoms with Crippen molar-refractivity contribution in [2.45, 2.75) is 52.7 Å². The molecule has 0 aliphatic rings. The van der Waals surface area contributed by atoms with Crippen molar-refractivity contribution in [1.82, 2.24) is 9.97 Å². The molecule has 2 amide bonds. The van der Waals surface area contributed by atoms with Crippen LogP contribution < -0.4 is 10.6 Å². The molecular weight excluding hydrogens is 472 g/mol. The van der Waals surface area contributed by atoms with Gasteiger partial charge in [0.25, 0.3) is 5.78 Å². The van der Waals surface area contributed by atoms with Crippen LogP contribution in [0.3, 0.4) is 0 Å². The molecule has 2 N–H and O–H groups in total. The molecule has 36 heavy (non-hydrogen) atoms. The summed E-state index contributed by atoms with van der Waals surface area (Å²) >= 11 is 0. The Bertz CT molecular complexity index is 1100. The van der Waals surface area contributed by atoms with Gasteiger partial charge >= 0.3 is 18.2 Å². The van der Waals surface area contributed by atoms with Crippen LogP contribution in [0.4, 0.5) is 21.2 Å². The van der Waals surface area contributed by atoms with Crippen LogP contribution in [-0.2, 0) is 19.0 Å². The number of Topliss-reactive ketones (excluding diaryl/α,β-unsaturated/α-hetero) is 1. The van der Waals surface area contributed by atoms with E-state index in [9.17, 15) is 24.0 Å². The number of hydrogen-bond donors (Lipinski definition) is 2. The maximum Gasteiger partial charge on any atom is 0.413 e. The molecule has 0 aliphatic carbocycles. The van der Waals surface area contributed by atoms with Crippen LogP contribution in [0.15, 0.2) is 36.7 Å². The Balaban J connectivity index is 0.000000369. The highest BCUT2D eigenvalue weighted by atomic mass is 16.6. The van der Waals surface area contributed by atoms with E-state index in [1.54, 1.807) is 47.6 Å². The fourth-order valence-electron chi connectivity index (χ4n) is 2.26. The summed E-state index contributed by atoms with van der Waals surface area (Å²) in [5, 5.41) is 4.82. The maximum atomic E-state index is 11.6. The van der Waals surface area contributed by atoms with Gasteiger partial charge in [0.2, 0.25) is 0 Å². The number of amides is 2. The van der Waals surface area contributed by atoms with Gasteiger partial charge < -0.3 is 14.2 Å². The number of carbonyl (C=O) groups excluding carboxylic acids is 5. The number of aldehydes is 1. The highest BCUT2D eigenvalue weighted by Gasteiger charge is 2.20. The average Bonchev–Trinajstić information content (AvgIpc) is 2.76. The maximum absolute atomic E-state index is 11.6. The number of aromatic nitrogens is 2. The first-order valence-corrected chi connectivity index (χ1v) is 10.6. The molecule has 2 aromatic heterocycles. The van der Waals surface area contributed by atoms with Gasteiger partial charge in [0.1, 0.15) is 29.1 Å². The summed E-state index contributed by atoms with van der Waals surface area (Å²) in [5.74, 6) is -1.41. The van der Waals surface area contributed by atoms with Crippen LogP contribution in [0, 0.1) is 0 Å².